The Kier molecular flexibility index (Phi) is 5.48. The van der Waals surface area contributed by atoms with E-state index < -0.39 is 15.8 Å². The van der Waals surface area contributed by atoms with Crippen LogP contribution >= 0.6 is 11.3 Å². The van der Waals surface area contributed by atoms with Crippen LogP contribution in [0.15, 0.2) is 30.5 Å². The van der Waals surface area contributed by atoms with Gasteiger partial charge in [0, 0.05) is 29.7 Å². The number of hydrogen-bond donors (Lipinski definition) is 1. The molecule has 23 heavy (non-hydrogen) atoms. The number of benzene rings is 1. The second-order valence-corrected chi connectivity index (χ2v) is 8.72. The van der Waals surface area contributed by atoms with Crippen molar-refractivity contribution < 1.29 is 17.6 Å². The number of carbonyl (C=O) groups excluding carboxylic acids is 1. The summed E-state index contributed by atoms with van der Waals surface area (Å²) in [7, 11) is -3.21. The van der Waals surface area contributed by atoms with E-state index in [0.717, 1.165) is 16.7 Å². The summed E-state index contributed by atoms with van der Waals surface area (Å²) >= 11 is 1.31. The van der Waals surface area contributed by atoms with Crippen LogP contribution < -0.4 is 5.32 Å². The fourth-order valence-electron chi connectivity index (χ4n) is 2.01. The van der Waals surface area contributed by atoms with Gasteiger partial charge in [-0.25, -0.2) is 17.8 Å². The predicted molar refractivity (Wildman–Crippen MR) is 88.8 cm³/mol. The lowest BCUT2D eigenvalue weighted by atomic mass is 10.1. The molecule has 0 aliphatic carbocycles. The van der Waals surface area contributed by atoms with E-state index in [-0.39, 0.29) is 17.5 Å². The molecular formula is C15H17FN2O3S2. The summed E-state index contributed by atoms with van der Waals surface area (Å²) in [6.45, 7) is 1.56. The first-order chi connectivity index (χ1) is 10.7. The summed E-state index contributed by atoms with van der Waals surface area (Å²) in [5.41, 5.74) is 0.943. The smallest absolute Gasteiger partial charge is 0.230 e. The highest BCUT2D eigenvalue weighted by Crippen LogP contribution is 2.22. The van der Waals surface area contributed by atoms with Crippen molar-refractivity contribution in [2.45, 2.75) is 13.3 Å². The van der Waals surface area contributed by atoms with Gasteiger partial charge in [-0.15, -0.1) is 11.3 Å². The van der Waals surface area contributed by atoms with Crippen molar-refractivity contribution >= 4 is 32.2 Å². The van der Waals surface area contributed by atoms with Gasteiger partial charge in [0.05, 0.1) is 5.75 Å². The van der Waals surface area contributed by atoms with Crippen LogP contribution in [-0.2, 0) is 21.1 Å². The maximum atomic E-state index is 12.9. The number of hydrogen-bond acceptors (Lipinski definition) is 5. The number of nitrogens with zero attached hydrogens (tertiary/aromatic N) is 1. The Morgan fingerprint density at radius 1 is 1.35 bits per heavy atom. The molecule has 1 heterocycles. The average Bonchev–Trinajstić information content (AvgIpc) is 2.86. The number of nitrogens with one attached hydrogen (secondary N) is 1. The minimum absolute atomic E-state index is 0.202. The Balaban J connectivity index is 1.96. The molecule has 2 aromatic rings. The lowest BCUT2D eigenvalue weighted by Crippen LogP contribution is -2.26. The fourth-order valence-corrected chi connectivity index (χ4v) is 3.92. The summed E-state index contributed by atoms with van der Waals surface area (Å²) in [6, 6.07) is 6.18. The van der Waals surface area contributed by atoms with Crippen molar-refractivity contribution in [2.24, 2.45) is 5.92 Å². The summed E-state index contributed by atoms with van der Waals surface area (Å²) < 4.78 is 35.3. The number of sulfone groups is 1. The topological polar surface area (TPSA) is 76.1 Å². The Labute approximate surface area is 138 Å². The second kappa shape index (κ2) is 7.18. The Morgan fingerprint density at radius 3 is 2.61 bits per heavy atom. The molecular weight excluding hydrogens is 339 g/mol. The van der Waals surface area contributed by atoms with Gasteiger partial charge in [0.15, 0.2) is 5.13 Å². The average molecular weight is 356 g/mol. The van der Waals surface area contributed by atoms with Gasteiger partial charge in [-0.2, -0.15) is 0 Å². The largest absolute Gasteiger partial charge is 0.302 e. The van der Waals surface area contributed by atoms with Gasteiger partial charge in [0.2, 0.25) is 5.91 Å². The summed E-state index contributed by atoms with van der Waals surface area (Å²) in [5.74, 6) is -1.51. The van der Waals surface area contributed by atoms with Crippen molar-refractivity contribution in [1.82, 2.24) is 4.98 Å². The number of amides is 1. The molecule has 0 saturated heterocycles. The second-order valence-electron chi connectivity index (χ2n) is 5.42. The van der Waals surface area contributed by atoms with Gasteiger partial charge < -0.3 is 5.32 Å². The maximum absolute atomic E-state index is 12.9. The molecule has 0 bridgehead atoms. The van der Waals surface area contributed by atoms with Gasteiger partial charge in [0.25, 0.3) is 0 Å². The zero-order chi connectivity index (χ0) is 17.0. The Hall–Kier alpha value is -1.80. The van der Waals surface area contributed by atoms with E-state index in [9.17, 15) is 17.6 Å². The van der Waals surface area contributed by atoms with Crippen LogP contribution in [0.1, 0.15) is 17.4 Å². The van der Waals surface area contributed by atoms with Crippen LogP contribution in [0, 0.1) is 11.7 Å². The van der Waals surface area contributed by atoms with Gasteiger partial charge in [-0.05, 0) is 17.7 Å². The third kappa shape index (κ3) is 5.72. The molecule has 0 aliphatic heterocycles. The lowest BCUT2D eigenvalue weighted by Gasteiger charge is -2.08. The minimum Gasteiger partial charge on any atom is -0.302 e. The molecule has 0 aliphatic rings. The van der Waals surface area contributed by atoms with Crippen LogP contribution in [0.2, 0.25) is 0 Å². The van der Waals surface area contributed by atoms with Gasteiger partial charge in [0.1, 0.15) is 15.7 Å². The number of halogens is 1. The SMILES string of the molecule is CC(CS(C)(=O)=O)C(=O)Nc1ncc(Cc2ccc(F)cc2)s1. The quantitative estimate of drug-likeness (QED) is 0.863. The van der Waals surface area contributed by atoms with Gasteiger partial charge in [-0.3, -0.25) is 4.79 Å². The lowest BCUT2D eigenvalue weighted by molar-refractivity contribution is -0.118. The molecule has 5 nitrogen and oxygen atoms in total. The Bertz CT molecular complexity index is 785. The normalized spacial score (nSPS) is 12.8. The molecule has 2 rings (SSSR count). The van der Waals surface area contributed by atoms with Crippen LogP contribution in [0.5, 0.6) is 0 Å². The third-order valence-corrected chi connectivity index (χ3v) is 5.09. The molecule has 1 atom stereocenters. The van der Waals surface area contributed by atoms with Crippen molar-refractivity contribution in [3.63, 3.8) is 0 Å². The highest BCUT2D eigenvalue weighted by Gasteiger charge is 2.19. The fraction of sp³-hybridized carbons (Fsp3) is 0.333. The van der Waals surface area contributed by atoms with E-state index in [4.69, 9.17) is 0 Å². The summed E-state index contributed by atoms with van der Waals surface area (Å²) in [5, 5.41) is 3.05. The molecule has 1 N–H and O–H groups in total. The third-order valence-electron chi connectivity index (χ3n) is 3.08. The van der Waals surface area contributed by atoms with E-state index >= 15 is 0 Å². The molecule has 0 saturated carbocycles. The number of anilines is 1. The zero-order valence-corrected chi connectivity index (χ0v) is 14.4. The Morgan fingerprint density at radius 2 is 2.00 bits per heavy atom. The van der Waals surface area contributed by atoms with Gasteiger partial charge >= 0.3 is 0 Å². The highest BCUT2D eigenvalue weighted by molar-refractivity contribution is 7.90. The first-order valence-corrected chi connectivity index (χ1v) is 9.78. The predicted octanol–water partition coefficient (Wildman–Crippen LogP) is 2.49. The molecule has 1 aromatic carbocycles. The maximum Gasteiger partial charge on any atom is 0.230 e. The monoisotopic (exact) mass is 356 g/mol. The number of aromatic nitrogens is 1. The van der Waals surface area contributed by atoms with E-state index in [2.05, 4.69) is 10.3 Å². The molecule has 1 amide bonds. The first-order valence-electron chi connectivity index (χ1n) is 6.90. The molecule has 0 fully saturated rings. The zero-order valence-electron chi connectivity index (χ0n) is 12.7. The molecule has 124 valence electrons. The van der Waals surface area contributed by atoms with E-state index in [1.54, 1.807) is 25.3 Å². The molecule has 0 radical (unpaired) electrons. The van der Waals surface area contributed by atoms with Crippen molar-refractivity contribution in [1.29, 1.82) is 0 Å². The standard InChI is InChI=1S/C15H17FN2O3S2/c1-10(9-23(2,20)21)14(19)18-15-17-8-13(22-15)7-11-3-5-12(16)6-4-11/h3-6,8,10H,7,9H2,1-2H3,(H,17,18,19). The van der Waals surface area contributed by atoms with Crippen LogP contribution in [0.25, 0.3) is 0 Å². The van der Waals surface area contributed by atoms with Crippen molar-refractivity contribution in [3.8, 4) is 0 Å². The van der Waals surface area contributed by atoms with Crippen LogP contribution in [0.3, 0.4) is 0 Å². The van der Waals surface area contributed by atoms with Gasteiger partial charge in [-0.1, -0.05) is 19.1 Å². The summed E-state index contributed by atoms with van der Waals surface area (Å²) in [4.78, 5) is 17.0. The van der Waals surface area contributed by atoms with Crippen LogP contribution in [0.4, 0.5) is 9.52 Å². The molecule has 1 unspecified atom stereocenters. The number of carbonyl (C=O) groups is 1. The van der Waals surface area contributed by atoms with Crippen molar-refractivity contribution in [2.75, 3.05) is 17.3 Å². The van der Waals surface area contributed by atoms with E-state index in [1.807, 2.05) is 0 Å². The van der Waals surface area contributed by atoms with E-state index in [0.29, 0.717) is 11.6 Å². The summed E-state index contributed by atoms with van der Waals surface area (Å²) in [6.07, 6.45) is 3.33. The molecule has 0 spiro atoms. The number of thiazole rings is 1. The van der Waals surface area contributed by atoms with Crippen molar-refractivity contribution in [3.05, 3.63) is 46.7 Å². The number of rotatable bonds is 6. The van der Waals surface area contributed by atoms with E-state index in [1.165, 1.54) is 23.5 Å². The highest BCUT2D eigenvalue weighted by atomic mass is 32.2. The molecule has 8 heteroatoms. The minimum atomic E-state index is -3.21. The first kappa shape index (κ1) is 17.6. The molecule has 1 aromatic heterocycles. The van der Waals surface area contributed by atoms with Crippen LogP contribution in [-0.4, -0.2) is 31.3 Å².